The highest BCUT2D eigenvalue weighted by atomic mass is 16.2. The van der Waals surface area contributed by atoms with E-state index in [-0.39, 0.29) is 24.3 Å². The van der Waals surface area contributed by atoms with E-state index in [9.17, 15) is 9.59 Å². The monoisotopic (exact) mass is 296 g/mol. The first-order valence-corrected chi connectivity index (χ1v) is 7.25. The van der Waals surface area contributed by atoms with Gasteiger partial charge in [0.05, 0.1) is 12.6 Å². The molecule has 2 aromatic rings. The smallest absolute Gasteiger partial charge is 0.239 e. The standard InChI is InChI=1S/C18H20N2O2/c1-13(15-7-4-3-5-8-15)20-18(22)12-19-17-10-6-9-16(11-17)14(2)21/h3-11,13,19H,12H2,1-2H3,(H,20,22)/t13-/m0/s1. The van der Waals surface area contributed by atoms with Crippen LogP contribution in [0.2, 0.25) is 0 Å². The first kappa shape index (κ1) is 15.8. The largest absolute Gasteiger partial charge is 0.376 e. The molecule has 0 aromatic heterocycles. The zero-order chi connectivity index (χ0) is 15.9. The lowest BCUT2D eigenvalue weighted by Crippen LogP contribution is -2.32. The van der Waals surface area contributed by atoms with E-state index < -0.39 is 0 Å². The Morgan fingerprint density at radius 1 is 1.05 bits per heavy atom. The number of hydrogen-bond acceptors (Lipinski definition) is 3. The Morgan fingerprint density at radius 3 is 2.45 bits per heavy atom. The van der Waals surface area contributed by atoms with Crippen LogP contribution in [-0.2, 0) is 4.79 Å². The molecule has 2 rings (SSSR count). The summed E-state index contributed by atoms with van der Waals surface area (Å²) >= 11 is 0. The highest BCUT2D eigenvalue weighted by Gasteiger charge is 2.09. The van der Waals surface area contributed by atoms with Crippen LogP contribution < -0.4 is 10.6 Å². The van der Waals surface area contributed by atoms with E-state index in [1.807, 2.05) is 43.3 Å². The number of nitrogens with one attached hydrogen (secondary N) is 2. The Labute approximate surface area is 130 Å². The third-order valence-corrected chi connectivity index (χ3v) is 3.40. The molecule has 0 spiro atoms. The number of ketones is 1. The molecule has 0 unspecified atom stereocenters. The predicted octanol–water partition coefficient (Wildman–Crippen LogP) is 3.18. The van der Waals surface area contributed by atoms with Gasteiger partial charge in [-0.1, -0.05) is 42.5 Å². The lowest BCUT2D eigenvalue weighted by molar-refractivity contribution is -0.120. The molecule has 4 heteroatoms. The average molecular weight is 296 g/mol. The summed E-state index contributed by atoms with van der Waals surface area (Å²) < 4.78 is 0. The summed E-state index contributed by atoms with van der Waals surface area (Å²) in [6, 6.07) is 16.9. The van der Waals surface area contributed by atoms with Gasteiger partial charge in [0.1, 0.15) is 0 Å². The van der Waals surface area contributed by atoms with E-state index in [4.69, 9.17) is 0 Å². The van der Waals surface area contributed by atoms with Gasteiger partial charge >= 0.3 is 0 Å². The second kappa shape index (κ2) is 7.41. The molecule has 0 bridgehead atoms. The normalized spacial score (nSPS) is 11.5. The molecule has 0 aliphatic rings. The van der Waals surface area contributed by atoms with E-state index in [1.165, 1.54) is 6.92 Å². The minimum absolute atomic E-state index is 0.00537. The summed E-state index contributed by atoms with van der Waals surface area (Å²) in [7, 11) is 0. The van der Waals surface area contributed by atoms with Gasteiger partial charge in [0, 0.05) is 11.3 Å². The lowest BCUT2D eigenvalue weighted by atomic mass is 10.1. The number of anilines is 1. The fraction of sp³-hybridized carbons (Fsp3) is 0.222. The van der Waals surface area contributed by atoms with Gasteiger partial charge in [0.25, 0.3) is 0 Å². The molecule has 0 saturated carbocycles. The molecule has 0 aliphatic carbocycles. The summed E-state index contributed by atoms with van der Waals surface area (Å²) in [5.41, 5.74) is 2.45. The zero-order valence-electron chi connectivity index (χ0n) is 12.8. The Bertz CT molecular complexity index is 653. The molecule has 2 aromatic carbocycles. The van der Waals surface area contributed by atoms with Crippen molar-refractivity contribution in [3.63, 3.8) is 0 Å². The molecule has 4 nitrogen and oxygen atoms in total. The first-order valence-electron chi connectivity index (χ1n) is 7.25. The highest BCUT2D eigenvalue weighted by Crippen LogP contribution is 2.12. The van der Waals surface area contributed by atoms with Crippen LogP contribution in [0, 0.1) is 0 Å². The second-order valence-electron chi connectivity index (χ2n) is 5.19. The highest BCUT2D eigenvalue weighted by molar-refractivity contribution is 5.95. The van der Waals surface area contributed by atoms with Gasteiger partial charge in [-0.25, -0.2) is 0 Å². The van der Waals surface area contributed by atoms with Crippen LogP contribution in [0.25, 0.3) is 0 Å². The van der Waals surface area contributed by atoms with Crippen molar-refractivity contribution in [3.8, 4) is 0 Å². The van der Waals surface area contributed by atoms with E-state index in [0.29, 0.717) is 5.56 Å². The third kappa shape index (κ3) is 4.45. The summed E-state index contributed by atoms with van der Waals surface area (Å²) in [4.78, 5) is 23.3. The number of benzene rings is 2. The van der Waals surface area contributed by atoms with Crippen LogP contribution in [0.3, 0.4) is 0 Å². The van der Waals surface area contributed by atoms with Gasteiger partial charge in [0.15, 0.2) is 5.78 Å². The van der Waals surface area contributed by atoms with Crippen molar-refractivity contribution < 1.29 is 9.59 Å². The van der Waals surface area contributed by atoms with E-state index in [2.05, 4.69) is 10.6 Å². The minimum Gasteiger partial charge on any atom is -0.376 e. The molecule has 0 fully saturated rings. The number of amides is 1. The second-order valence-corrected chi connectivity index (χ2v) is 5.19. The Balaban J connectivity index is 1.88. The lowest BCUT2D eigenvalue weighted by Gasteiger charge is -2.15. The Kier molecular flexibility index (Phi) is 5.31. The fourth-order valence-electron chi connectivity index (χ4n) is 2.15. The Morgan fingerprint density at radius 2 is 1.77 bits per heavy atom. The van der Waals surface area contributed by atoms with Crippen LogP contribution >= 0.6 is 0 Å². The van der Waals surface area contributed by atoms with Gasteiger partial charge in [-0.15, -0.1) is 0 Å². The molecular formula is C18H20N2O2. The maximum Gasteiger partial charge on any atom is 0.239 e. The molecular weight excluding hydrogens is 276 g/mol. The van der Waals surface area contributed by atoms with Crippen molar-refractivity contribution >= 4 is 17.4 Å². The van der Waals surface area contributed by atoms with Crippen molar-refractivity contribution in [3.05, 3.63) is 65.7 Å². The van der Waals surface area contributed by atoms with E-state index in [1.54, 1.807) is 18.2 Å². The number of carbonyl (C=O) groups excluding carboxylic acids is 2. The van der Waals surface area contributed by atoms with E-state index in [0.717, 1.165) is 11.3 Å². The number of carbonyl (C=O) groups is 2. The van der Waals surface area contributed by atoms with Crippen LogP contribution in [0.15, 0.2) is 54.6 Å². The summed E-state index contributed by atoms with van der Waals surface area (Å²) in [6.45, 7) is 3.63. The van der Waals surface area contributed by atoms with Crippen LogP contribution in [0.5, 0.6) is 0 Å². The number of hydrogen-bond donors (Lipinski definition) is 2. The number of Topliss-reactive ketones (excluding diaryl/α,β-unsaturated/α-hetero) is 1. The molecule has 1 atom stereocenters. The summed E-state index contributed by atoms with van der Waals surface area (Å²) in [5, 5.41) is 5.97. The van der Waals surface area contributed by atoms with Crippen molar-refractivity contribution in [1.29, 1.82) is 0 Å². The maximum absolute atomic E-state index is 12.0. The predicted molar refractivity (Wildman–Crippen MR) is 87.9 cm³/mol. The summed E-state index contributed by atoms with van der Waals surface area (Å²) in [6.07, 6.45) is 0. The topological polar surface area (TPSA) is 58.2 Å². The van der Waals surface area contributed by atoms with Crippen LogP contribution in [0.1, 0.15) is 35.8 Å². The van der Waals surface area contributed by atoms with Gasteiger partial charge in [-0.3, -0.25) is 9.59 Å². The SMILES string of the molecule is CC(=O)c1cccc(NCC(=O)N[C@@H](C)c2ccccc2)c1. The Hall–Kier alpha value is -2.62. The van der Waals surface area contributed by atoms with Gasteiger partial charge in [0.2, 0.25) is 5.91 Å². The first-order chi connectivity index (χ1) is 10.6. The van der Waals surface area contributed by atoms with Crippen molar-refractivity contribution in [1.82, 2.24) is 5.32 Å². The molecule has 0 radical (unpaired) electrons. The number of rotatable bonds is 6. The molecule has 0 aliphatic heterocycles. The van der Waals surface area contributed by atoms with E-state index >= 15 is 0 Å². The molecule has 1 amide bonds. The van der Waals surface area contributed by atoms with Crippen LogP contribution in [0.4, 0.5) is 5.69 Å². The van der Waals surface area contributed by atoms with Gasteiger partial charge in [-0.05, 0) is 31.5 Å². The van der Waals surface area contributed by atoms with Crippen LogP contribution in [-0.4, -0.2) is 18.2 Å². The van der Waals surface area contributed by atoms with Crippen molar-refractivity contribution in [2.24, 2.45) is 0 Å². The maximum atomic E-state index is 12.0. The zero-order valence-corrected chi connectivity index (χ0v) is 12.8. The molecule has 2 N–H and O–H groups in total. The summed E-state index contributed by atoms with van der Waals surface area (Å²) in [5.74, 6) is -0.0876. The van der Waals surface area contributed by atoms with Crippen molar-refractivity contribution in [2.75, 3.05) is 11.9 Å². The molecule has 0 heterocycles. The third-order valence-electron chi connectivity index (χ3n) is 3.40. The van der Waals surface area contributed by atoms with Gasteiger partial charge < -0.3 is 10.6 Å². The quantitative estimate of drug-likeness (QED) is 0.805. The fourth-order valence-corrected chi connectivity index (χ4v) is 2.15. The minimum atomic E-state index is -0.0930. The average Bonchev–Trinajstić information content (AvgIpc) is 2.54. The molecule has 114 valence electrons. The molecule has 22 heavy (non-hydrogen) atoms. The van der Waals surface area contributed by atoms with Crippen molar-refractivity contribution in [2.45, 2.75) is 19.9 Å². The molecule has 0 saturated heterocycles. The van der Waals surface area contributed by atoms with Gasteiger partial charge in [-0.2, -0.15) is 0 Å².